The first-order chi connectivity index (χ1) is 17.7. The number of aromatic nitrogens is 3. The summed E-state index contributed by atoms with van der Waals surface area (Å²) in [7, 11) is 0. The third-order valence-electron chi connectivity index (χ3n) is 5.55. The average molecular weight is 514 g/mol. The molecule has 4 rings (SSSR count). The van der Waals surface area contributed by atoms with Crippen molar-refractivity contribution in [3.63, 3.8) is 0 Å². The van der Waals surface area contributed by atoms with Crippen LogP contribution in [0.2, 0.25) is 0 Å². The second-order valence-electron chi connectivity index (χ2n) is 9.31. The summed E-state index contributed by atoms with van der Waals surface area (Å²) >= 11 is 1.26. The number of benzene rings is 3. The van der Waals surface area contributed by atoms with Gasteiger partial charge >= 0.3 is 5.97 Å². The van der Waals surface area contributed by atoms with Crippen molar-refractivity contribution in [1.82, 2.24) is 20.2 Å². The fourth-order valence-electron chi connectivity index (χ4n) is 3.53. The van der Waals surface area contributed by atoms with Gasteiger partial charge in [0.1, 0.15) is 0 Å². The SMILES string of the molecule is CC(C)(C)c1ccc(-c2nnc(SCC(=O)N/N=C/c3ccc(C(=O)O)cc3)n2-c2ccccc2)cc1. The number of rotatable bonds is 8. The van der Waals surface area contributed by atoms with Crippen LogP contribution in [-0.2, 0) is 10.2 Å². The molecule has 4 aromatic rings. The Bertz CT molecular complexity index is 1410. The number of carbonyl (C=O) groups is 2. The second kappa shape index (κ2) is 11.2. The molecule has 3 aromatic carbocycles. The van der Waals surface area contributed by atoms with Gasteiger partial charge in [-0.1, -0.05) is 87.1 Å². The van der Waals surface area contributed by atoms with E-state index in [1.165, 1.54) is 35.7 Å². The molecule has 2 N–H and O–H groups in total. The first-order valence-electron chi connectivity index (χ1n) is 11.6. The molecule has 0 aliphatic heterocycles. The van der Waals surface area contributed by atoms with Crippen LogP contribution in [0.25, 0.3) is 17.1 Å². The van der Waals surface area contributed by atoms with Crippen molar-refractivity contribution in [3.05, 3.63) is 95.6 Å². The van der Waals surface area contributed by atoms with Gasteiger partial charge in [-0.2, -0.15) is 5.10 Å². The van der Waals surface area contributed by atoms with Crippen molar-refractivity contribution >= 4 is 29.9 Å². The van der Waals surface area contributed by atoms with E-state index in [1.807, 2.05) is 47.0 Å². The highest BCUT2D eigenvalue weighted by molar-refractivity contribution is 7.99. The van der Waals surface area contributed by atoms with Crippen LogP contribution in [0.1, 0.15) is 42.3 Å². The number of nitrogens with one attached hydrogen (secondary N) is 1. The van der Waals surface area contributed by atoms with Crippen LogP contribution in [0.4, 0.5) is 0 Å². The van der Waals surface area contributed by atoms with Crippen LogP contribution >= 0.6 is 11.8 Å². The number of nitrogens with zero attached hydrogens (tertiary/aromatic N) is 4. The number of hydrazone groups is 1. The van der Waals surface area contributed by atoms with Crippen molar-refractivity contribution in [3.8, 4) is 17.1 Å². The highest BCUT2D eigenvalue weighted by Gasteiger charge is 2.19. The Balaban J connectivity index is 1.48. The van der Waals surface area contributed by atoms with Crippen molar-refractivity contribution in [2.45, 2.75) is 31.3 Å². The molecule has 1 aromatic heterocycles. The Morgan fingerprint density at radius 3 is 2.27 bits per heavy atom. The third kappa shape index (κ3) is 6.50. The fraction of sp³-hybridized carbons (Fsp3) is 0.179. The summed E-state index contributed by atoms with van der Waals surface area (Å²) < 4.78 is 1.94. The van der Waals surface area contributed by atoms with Crippen molar-refractivity contribution in [1.29, 1.82) is 0 Å². The zero-order valence-corrected chi connectivity index (χ0v) is 21.6. The molecular weight excluding hydrogens is 486 g/mol. The lowest BCUT2D eigenvalue weighted by Crippen LogP contribution is -2.20. The summed E-state index contributed by atoms with van der Waals surface area (Å²) in [6, 6.07) is 24.3. The minimum absolute atomic E-state index is 0.0460. The maximum Gasteiger partial charge on any atom is 0.335 e. The molecule has 0 bridgehead atoms. The van der Waals surface area contributed by atoms with Crippen LogP contribution in [0.3, 0.4) is 0 Å². The molecule has 1 heterocycles. The van der Waals surface area contributed by atoms with E-state index in [0.29, 0.717) is 16.5 Å². The molecule has 37 heavy (non-hydrogen) atoms. The Morgan fingerprint density at radius 1 is 0.973 bits per heavy atom. The number of para-hydroxylation sites is 1. The summed E-state index contributed by atoms with van der Waals surface area (Å²) in [5, 5.41) is 22.3. The zero-order valence-electron chi connectivity index (χ0n) is 20.8. The predicted molar refractivity (Wildman–Crippen MR) is 145 cm³/mol. The smallest absolute Gasteiger partial charge is 0.335 e. The van der Waals surface area contributed by atoms with E-state index in [4.69, 9.17) is 5.11 Å². The molecule has 188 valence electrons. The van der Waals surface area contributed by atoms with E-state index in [-0.39, 0.29) is 22.6 Å². The van der Waals surface area contributed by atoms with Crippen LogP contribution in [0, 0.1) is 0 Å². The van der Waals surface area contributed by atoms with Crippen molar-refractivity contribution in [2.24, 2.45) is 5.10 Å². The summed E-state index contributed by atoms with van der Waals surface area (Å²) in [6.07, 6.45) is 1.46. The lowest BCUT2D eigenvalue weighted by atomic mass is 9.87. The van der Waals surface area contributed by atoms with E-state index in [9.17, 15) is 9.59 Å². The number of carbonyl (C=O) groups excluding carboxylic acids is 1. The van der Waals surface area contributed by atoms with Gasteiger partial charge in [0.15, 0.2) is 11.0 Å². The standard InChI is InChI=1S/C28H27N5O3S/c1-28(2,3)22-15-13-20(14-16-22)25-31-32-27(33(25)23-7-5-4-6-8-23)37-18-24(34)30-29-17-19-9-11-21(12-10-19)26(35)36/h4-17H,18H2,1-3H3,(H,30,34)(H,35,36)/b29-17+. The molecule has 0 aliphatic carbocycles. The molecule has 0 radical (unpaired) electrons. The summed E-state index contributed by atoms with van der Waals surface area (Å²) in [5.41, 5.74) is 6.45. The van der Waals surface area contributed by atoms with Gasteiger partial charge in [-0.3, -0.25) is 9.36 Å². The Morgan fingerprint density at radius 2 is 1.65 bits per heavy atom. The Labute approximate surface area is 219 Å². The lowest BCUT2D eigenvalue weighted by Gasteiger charge is -2.19. The molecule has 8 nitrogen and oxygen atoms in total. The van der Waals surface area contributed by atoms with E-state index in [0.717, 1.165) is 11.3 Å². The molecule has 0 fully saturated rings. The summed E-state index contributed by atoms with van der Waals surface area (Å²) in [5.74, 6) is -0.523. The molecule has 0 saturated heterocycles. The van der Waals surface area contributed by atoms with E-state index in [2.05, 4.69) is 53.6 Å². The summed E-state index contributed by atoms with van der Waals surface area (Å²) in [4.78, 5) is 23.4. The maximum atomic E-state index is 12.4. The molecule has 0 atom stereocenters. The van der Waals surface area contributed by atoms with Gasteiger partial charge < -0.3 is 5.11 Å². The van der Waals surface area contributed by atoms with Crippen LogP contribution in [-0.4, -0.2) is 43.7 Å². The van der Waals surface area contributed by atoms with Gasteiger partial charge in [-0.25, -0.2) is 10.2 Å². The third-order valence-corrected chi connectivity index (χ3v) is 6.48. The van der Waals surface area contributed by atoms with Gasteiger partial charge in [-0.15, -0.1) is 10.2 Å². The Kier molecular flexibility index (Phi) is 7.83. The van der Waals surface area contributed by atoms with E-state index in [1.54, 1.807) is 12.1 Å². The molecule has 0 spiro atoms. The minimum Gasteiger partial charge on any atom is -0.478 e. The van der Waals surface area contributed by atoms with Gasteiger partial charge in [0.2, 0.25) is 0 Å². The first-order valence-corrected chi connectivity index (χ1v) is 12.6. The number of thioether (sulfide) groups is 1. The maximum absolute atomic E-state index is 12.4. The van der Waals surface area contributed by atoms with Crippen molar-refractivity contribution < 1.29 is 14.7 Å². The second-order valence-corrected chi connectivity index (χ2v) is 10.3. The Hall–Kier alpha value is -4.24. The highest BCUT2D eigenvalue weighted by Crippen LogP contribution is 2.30. The first kappa shape index (κ1) is 25.8. The van der Waals surface area contributed by atoms with Gasteiger partial charge in [0, 0.05) is 11.3 Å². The van der Waals surface area contributed by atoms with Gasteiger partial charge in [0.25, 0.3) is 5.91 Å². The van der Waals surface area contributed by atoms with Gasteiger partial charge in [0.05, 0.1) is 17.5 Å². The number of hydrogen-bond donors (Lipinski definition) is 2. The number of carboxylic acids is 1. The highest BCUT2D eigenvalue weighted by atomic mass is 32.2. The average Bonchev–Trinajstić information content (AvgIpc) is 3.32. The predicted octanol–water partition coefficient (Wildman–Crippen LogP) is 5.17. The van der Waals surface area contributed by atoms with E-state index < -0.39 is 5.97 Å². The molecule has 9 heteroatoms. The van der Waals surface area contributed by atoms with Crippen molar-refractivity contribution in [2.75, 3.05) is 5.75 Å². The molecule has 0 saturated carbocycles. The number of amides is 1. The fourth-order valence-corrected chi connectivity index (χ4v) is 4.28. The quantitative estimate of drug-likeness (QED) is 0.191. The lowest BCUT2D eigenvalue weighted by molar-refractivity contribution is -0.118. The van der Waals surface area contributed by atoms with Crippen LogP contribution in [0.5, 0.6) is 0 Å². The molecule has 0 unspecified atom stereocenters. The van der Waals surface area contributed by atoms with Crippen LogP contribution in [0.15, 0.2) is 89.1 Å². The molecular formula is C28H27N5O3S. The normalized spacial score (nSPS) is 11.5. The minimum atomic E-state index is -0.998. The summed E-state index contributed by atoms with van der Waals surface area (Å²) in [6.45, 7) is 6.52. The zero-order chi connectivity index (χ0) is 26.4. The number of hydrogen-bond acceptors (Lipinski definition) is 6. The number of carboxylic acid groups (broad SMARTS) is 1. The molecule has 0 aliphatic rings. The monoisotopic (exact) mass is 513 g/mol. The topological polar surface area (TPSA) is 109 Å². The van der Waals surface area contributed by atoms with E-state index >= 15 is 0 Å². The number of aromatic carboxylic acids is 1. The largest absolute Gasteiger partial charge is 0.478 e. The van der Waals surface area contributed by atoms with Gasteiger partial charge in [-0.05, 0) is 40.8 Å². The van der Waals surface area contributed by atoms with Crippen LogP contribution < -0.4 is 5.43 Å². The molecule has 1 amide bonds.